The van der Waals surface area contributed by atoms with Crippen molar-refractivity contribution in [1.82, 2.24) is 0 Å². The molecule has 0 aromatic heterocycles. The number of hydrogen-bond acceptors (Lipinski definition) is 6. The summed E-state index contributed by atoms with van der Waals surface area (Å²) in [6.07, 6.45) is 0. The molecule has 0 fully saturated rings. The van der Waals surface area contributed by atoms with Crippen molar-refractivity contribution in [1.29, 1.82) is 0 Å². The van der Waals surface area contributed by atoms with Gasteiger partial charge in [0.15, 0.2) is 0 Å². The number of carboxylic acids is 1. The minimum Gasteiger partial charge on any atom is -0.478 e. The van der Waals surface area contributed by atoms with Crippen LogP contribution in [0, 0.1) is 0 Å². The maximum absolute atomic E-state index is 13.0. The first-order chi connectivity index (χ1) is 18.4. The van der Waals surface area contributed by atoms with Gasteiger partial charge in [-0.15, -0.1) is 11.8 Å². The van der Waals surface area contributed by atoms with Crippen LogP contribution in [0.1, 0.15) is 44.9 Å². The molecule has 0 aliphatic heterocycles. The molecule has 0 aliphatic rings. The number of hydrogen-bond donors (Lipinski definition) is 3. The summed E-state index contributed by atoms with van der Waals surface area (Å²) >= 11 is 25.4. The quantitative estimate of drug-likeness (QED) is 0.0967. The van der Waals surface area contributed by atoms with Crippen LogP contribution in [-0.2, 0) is 9.53 Å². The number of carbonyl (C=O) groups excluding carboxylic acids is 3. The molecular formula is C26H20Cl4N2O6S. The molecule has 39 heavy (non-hydrogen) atoms. The van der Waals surface area contributed by atoms with Gasteiger partial charge in [0.1, 0.15) is 0 Å². The molecule has 0 aliphatic carbocycles. The zero-order valence-corrected chi connectivity index (χ0v) is 24.2. The van der Waals surface area contributed by atoms with Crippen molar-refractivity contribution in [2.45, 2.75) is 24.0 Å². The van der Waals surface area contributed by atoms with E-state index in [-0.39, 0.29) is 27.6 Å². The lowest BCUT2D eigenvalue weighted by molar-refractivity contribution is -0.115. The van der Waals surface area contributed by atoms with E-state index in [1.165, 1.54) is 11.8 Å². The second kappa shape index (κ2) is 13.4. The van der Waals surface area contributed by atoms with Crippen LogP contribution >= 0.6 is 58.2 Å². The molecule has 204 valence electrons. The van der Waals surface area contributed by atoms with Crippen molar-refractivity contribution in [2.75, 3.05) is 17.2 Å². The van der Waals surface area contributed by atoms with Gasteiger partial charge in [0.2, 0.25) is 5.91 Å². The number of anilines is 2. The van der Waals surface area contributed by atoms with Gasteiger partial charge in [-0.25, -0.2) is 9.59 Å². The molecule has 1 unspecified atom stereocenters. The first-order valence-corrected chi connectivity index (χ1v) is 13.6. The third kappa shape index (κ3) is 7.38. The minimum atomic E-state index is -1.51. The average molecular weight is 630 g/mol. The van der Waals surface area contributed by atoms with Crippen molar-refractivity contribution in [3.8, 4) is 0 Å². The molecule has 3 aromatic carbocycles. The summed E-state index contributed by atoms with van der Waals surface area (Å²) in [5.74, 6) is -3.11. The molecule has 3 rings (SSSR count). The van der Waals surface area contributed by atoms with Gasteiger partial charge in [-0.2, -0.15) is 0 Å². The molecular weight excluding hydrogens is 610 g/mol. The highest BCUT2D eigenvalue weighted by atomic mass is 35.5. The topological polar surface area (TPSA) is 122 Å². The van der Waals surface area contributed by atoms with E-state index in [9.17, 15) is 24.3 Å². The lowest BCUT2D eigenvalue weighted by atomic mass is 10.1. The van der Waals surface area contributed by atoms with Crippen LogP contribution in [0.5, 0.6) is 0 Å². The van der Waals surface area contributed by atoms with Crippen LogP contribution in [0.15, 0.2) is 53.4 Å². The number of halogens is 4. The maximum atomic E-state index is 13.0. The lowest BCUT2D eigenvalue weighted by Gasteiger charge is -2.15. The Kier molecular flexibility index (Phi) is 10.5. The second-order valence-electron chi connectivity index (χ2n) is 7.84. The highest BCUT2D eigenvalue weighted by Crippen LogP contribution is 2.42. The molecule has 3 N–H and O–H groups in total. The van der Waals surface area contributed by atoms with Gasteiger partial charge in [0, 0.05) is 16.3 Å². The van der Waals surface area contributed by atoms with Crippen molar-refractivity contribution in [2.24, 2.45) is 0 Å². The summed E-state index contributed by atoms with van der Waals surface area (Å²) in [5, 5.41) is 13.1. The fourth-order valence-electron chi connectivity index (χ4n) is 3.29. The molecule has 0 heterocycles. The van der Waals surface area contributed by atoms with E-state index in [2.05, 4.69) is 10.6 Å². The number of rotatable bonds is 9. The fourth-order valence-corrected chi connectivity index (χ4v) is 5.24. The van der Waals surface area contributed by atoms with Gasteiger partial charge in [0.25, 0.3) is 5.91 Å². The van der Waals surface area contributed by atoms with Gasteiger partial charge in [-0.1, -0.05) is 52.5 Å². The molecule has 0 saturated carbocycles. The zero-order valence-electron chi connectivity index (χ0n) is 20.3. The molecule has 2 amide bonds. The highest BCUT2D eigenvalue weighted by molar-refractivity contribution is 8.00. The van der Waals surface area contributed by atoms with Crippen LogP contribution in [0.3, 0.4) is 0 Å². The van der Waals surface area contributed by atoms with E-state index in [0.717, 1.165) is 0 Å². The van der Waals surface area contributed by atoms with Gasteiger partial charge in [-0.05, 0) is 56.3 Å². The van der Waals surface area contributed by atoms with E-state index in [4.69, 9.17) is 51.1 Å². The van der Waals surface area contributed by atoms with E-state index in [0.29, 0.717) is 21.8 Å². The number of esters is 1. The largest absolute Gasteiger partial charge is 0.478 e. The lowest BCUT2D eigenvalue weighted by Crippen LogP contribution is -2.22. The van der Waals surface area contributed by atoms with Crippen LogP contribution in [-0.4, -0.2) is 40.7 Å². The third-order valence-corrected chi connectivity index (χ3v) is 8.04. The summed E-state index contributed by atoms with van der Waals surface area (Å²) in [6, 6.07) is 12.9. The Balaban J connectivity index is 1.71. The predicted octanol–water partition coefficient (Wildman–Crippen LogP) is 7.55. The van der Waals surface area contributed by atoms with Crippen LogP contribution in [0.4, 0.5) is 11.4 Å². The first kappa shape index (κ1) is 30.6. The van der Waals surface area contributed by atoms with E-state index >= 15 is 0 Å². The molecule has 0 bridgehead atoms. The molecule has 0 spiro atoms. The van der Waals surface area contributed by atoms with E-state index in [1.807, 2.05) is 0 Å². The molecule has 13 heteroatoms. The minimum absolute atomic E-state index is 0.252. The smallest absolute Gasteiger partial charge is 0.338 e. The maximum Gasteiger partial charge on any atom is 0.338 e. The number of benzene rings is 3. The molecule has 3 aromatic rings. The van der Waals surface area contributed by atoms with Gasteiger partial charge < -0.3 is 20.5 Å². The summed E-state index contributed by atoms with van der Waals surface area (Å²) < 4.78 is 4.94. The Morgan fingerprint density at radius 3 is 2.08 bits per heavy atom. The Morgan fingerprint density at radius 1 is 0.872 bits per heavy atom. The second-order valence-corrected chi connectivity index (χ2v) is 10.8. The zero-order chi connectivity index (χ0) is 28.9. The van der Waals surface area contributed by atoms with Crippen LogP contribution < -0.4 is 10.6 Å². The number of aromatic carboxylic acids is 1. The molecule has 0 saturated heterocycles. The van der Waals surface area contributed by atoms with Crippen LogP contribution in [0.2, 0.25) is 20.1 Å². The van der Waals surface area contributed by atoms with Gasteiger partial charge in [0.05, 0.1) is 48.6 Å². The van der Waals surface area contributed by atoms with Crippen molar-refractivity contribution < 1.29 is 29.0 Å². The van der Waals surface area contributed by atoms with E-state index in [1.54, 1.807) is 62.4 Å². The first-order valence-electron chi connectivity index (χ1n) is 11.2. The van der Waals surface area contributed by atoms with Gasteiger partial charge in [-0.3, -0.25) is 9.59 Å². The number of carboxylic acid groups (broad SMARTS) is 1. The van der Waals surface area contributed by atoms with E-state index < -0.39 is 39.2 Å². The number of nitrogens with one attached hydrogen (secondary N) is 2. The van der Waals surface area contributed by atoms with Crippen molar-refractivity contribution in [3.05, 3.63) is 85.3 Å². The Morgan fingerprint density at radius 2 is 1.49 bits per heavy atom. The Hall–Kier alpha value is -2.95. The molecule has 0 radical (unpaired) electrons. The fraction of sp³-hybridized carbons (Fsp3) is 0.154. The van der Waals surface area contributed by atoms with Gasteiger partial charge >= 0.3 is 11.9 Å². The summed E-state index contributed by atoms with van der Waals surface area (Å²) in [5.41, 5.74) is 0.161. The van der Waals surface area contributed by atoms with Crippen molar-refractivity contribution >= 4 is 93.3 Å². The third-order valence-electron chi connectivity index (χ3n) is 5.15. The average Bonchev–Trinajstić information content (AvgIpc) is 2.89. The molecule has 8 nitrogen and oxygen atoms in total. The predicted molar refractivity (Wildman–Crippen MR) is 154 cm³/mol. The Labute approximate surface area is 247 Å². The number of ether oxygens (including phenoxy) is 1. The number of thioether (sulfide) groups is 1. The summed E-state index contributed by atoms with van der Waals surface area (Å²) in [6.45, 7) is 3.68. The summed E-state index contributed by atoms with van der Waals surface area (Å²) in [4.78, 5) is 49.9. The monoisotopic (exact) mass is 628 g/mol. The SMILES string of the molecule is CCOC(=O)c1ccc(NC(=O)C(C)Sc2cccc(NC(=O)c3c(Cl)c(Cl)c(Cl)c(Cl)c3C(=O)O)c2)cc1. The number of amides is 2. The van der Waals surface area contributed by atoms with Crippen LogP contribution in [0.25, 0.3) is 0 Å². The highest BCUT2D eigenvalue weighted by Gasteiger charge is 2.29. The normalized spacial score (nSPS) is 11.4. The number of carbonyl (C=O) groups is 4. The standard InChI is InChI=1S/C26H20Cl4N2O6S/c1-3-38-26(37)13-7-9-14(10-8-13)31-23(33)12(2)39-16-6-4-5-15(11-16)32-24(34)17-18(25(35)36)20(28)22(30)21(29)19(17)27/h4-12H,3H2,1-2H3,(H,31,33)(H,32,34)(H,35,36). The van der Waals surface area contributed by atoms with Crippen molar-refractivity contribution in [3.63, 3.8) is 0 Å². The molecule has 1 atom stereocenters. The summed E-state index contributed by atoms with van der Waals surface area (Å²) in [7, 11) is 0. The Bertz CT molecular complexity index is 1450.